The Balaban J connectivity index is 2.18. The molecule has 0 radical (unpaired) electrons. The summed E-state index contributed by atoms with van der Waals surface area (Å²) in [6.45, 7) is 1.88. The first-order valence-corrected chi connectivity index (χ1v) is 5.50. The molecule has 0 amide bonds. The summed E-state index contributed by atoms with van der Waals surface area (Å²) in [5.74, 6) is 1.19. The van der Waals surface area contributed by atoms with E-state index in [1.165, 1.54) is 0 Å². The van der Waals surface area contributed by atoms with Crippen LogP contribution in [-0.4, -0.2) is 10.8 Å². The van der Waals surface area contributed by atoms with Gasteiger partial charge in [-0.05, 0) is 25.1 Å². The number of aryl methyl sites for hydroxylation is 1. The van der Waals surface area contributed by atoms with Gasteiger partial charge in [0.05, 0.1) is 5.56 Å². The summed E-state index contributed by atoms with van der Waals surface area (Å²) < 4.78 is 5.72. The molecule has 0 spiro atoms. The highest BCUT2D eigenvalue weighted by Gasteiger charge is 2.21. The van der Waals surface area contributed by atoms with Crippen molar-refractivity contribution in [3.8, 4) is 11.6 Å². The summed E-state index contributed by atoms with van der Waals surface area (Å²) in [6.07, 6.45) is 0.369. The molecule has 0 unspecified atom stereocenters. The molecule has 1 aromatic heterocycles. The second-order valence-electron chi connectivity index (χ2n) is 4.12. The van der Waals surface area contributed by atoms with E-state index in [2.05, 4.69) is 4.98 Å². The molecule has 0 aliphatic carbocycles. The van der Waals surface area contributed by atoms with E-state index >= 15 is 0 Å². The van der Waals surface area contributed by atoms with Crippen molar-refractivity contribution in [1.29, 1.82) is 0 Å². The van der Waals surface area contributed by atoms with E-state index in [4.69, 9.17) is 4.74 Å². The van der Waals surface area contributed by atoms with Gasteiger partial charge in [0.2, 0.25) is 5.88 Å². The third kappa shape index (κ3) is 1.69. The molecule has 3 nitrogen and oxygen atoms in total. The Bertz CT molecular complexity index is 605. The highest BCUT2D eigenvalue weighted by Crippen LogP contribution is 2.31. The van der Waals surface area contributed by atoms with Crippen LogP contribution in [0.3, 0.4) is 0 Å². The van der Waals surface area contributed by atoms with Crippen molar-refractivity contribution in [1.82, 2.24) is 4.98 Å². The molecule has 0 atom stereocenters. The van der Waals surface area contributed by atoms with Gasteiger partial charge in [-0.15, -0.1) is 0 Å². The number of Topliss-reactive ketones (excluding diaryl/α,β-unsaturated/α-hetero) is 1. The summed E-state index contributed by atoms with van der Waals surface area (Å²) >= 11 is 0. The fourth-order valence-electron chi connectivity index (χ4n) is 1.94. The Kier molecular flexibility index (Phi) is 2.18. The molecule has 0 saturated carbocycles. The average molecular weight is 225 g/mol. The topological polar surface area (TPSA) is 39.2 Å². The Hall–Kier alpha value is -2.16. The van der Waals surface area contributed by atoms with Crippen LogP contribution < -0.4 is 4.74 Å². The number of carbonyl (C=O) groups is 1. The van der Waals surface area contributed by atoms with Crippen molar-refractivity contribution in [3.63, 3.8) is 0 Å². The predicted octanol–water partition coefficient (Wildman–Crippen LogP) is 2.92. The van der Waals surface area contributed by atoms with E-state index in [0.29, 0.717) is 17.9 Å². The van der Waals surface area contributed by atoms with E-state index in [1.807, 2.05) is 37.3 Å². The molecule has 0 N–H and O–H groups in total. The highest BCUT2D eigenvalue weighted by molar-refractivity contribution is 6.00. The van der Waals surface area contributed by atoms with Crippen molar-refractivity contribution >= 4 is 5.78 Å². The van der Waals surface area contributed by atoms with Gasteiger partial charge < -0.3 is 4.74 Å². The highest BCUT2D eigenvalue weighted by atomic mass is 16.5. The van der Waals surface area contributed by atoms with E-state index in [-0.39, 0.29) is 5.78 Å². The molecule has 2 heterocycles. The quantitative estimate of drug-likeness (QED) is 0.692. The molecule has 2 aromatic rings. The Morgan fingerprint density at radius 1 is 1.18 bits per heavy atom. The van der Waals surface area contributed by atoms with Gasteiger partial charge in [0.25, 0.3) is 0 Å². The molecule has 0 bridgehead atoms. The molecule has 0 fully saturated rings. The number of hydrogen-bond donors (Lipinski definition) is 0. The number of ether oxygens (including phenoxy) is 1. The lowest BCUT2D eigenvalue weighted by Gasteiger charge is -2.06. The standard InChI is InChI=1S/C14H11NO2/c1-9-6-7-11-12(16)8-10-4-2-3-5-13(10)17-14(11)15-9/h2-7H,8H2,1H3. The zero-order chi connectivity index (χ0) is 11.8. The second-order valence-corrected chi connectivity index (χ2v) is 4.12. The zero-order valence-electron chi connectivity index (χ0n) is 9.43. The maximum Gasteiger partial charge on any atom is 0.230 e. The number of carbonyl (C=O) groups excluding carboxylic acids is 1. The van der Waals surface area contributed by atoms with Crippen LogP contribution in [0.25, 0.3) is 0 Å². The number of pyridine rings is 1. The number of para-hydroxylation sites is 1. The van der Waals surface area contributed by atoms with Crippen LogP contribution in [0.1, 0.15) is 21.6 Å². The van der Waals surface area contributed by atoms with Crippen LogP contribution >= 0.6 is 0 Å². The number of nitrogens with zero attached hydrogens (tertiary/aromatic N) is 1. The van der Waals surface area contributed by atoms with Crippen LogP contribution in [-0.2, 0) is 6.42 Å². The third-order valence-corrected chi connectivity index (χ3v) is 2.83. The minimum atomic E-state index is 0.0532. The summed E-state index contributed by atoms with van der Waals surface area (Å²) in [5, 5.41) is 0. The van der Waals surface area contributed by atoms with Crippen molar-refractivity contribution in [2.75, 3.05) is 0 Å². The van der Waals surface area contributed by atoms with Crippen LogP contribution in [0.2, 0.25) is 0 Å². The molecule has 84 valence electrons. The largest absolute Gasteiger partial charge is 0.438 e. The van der Waals surface area contributed by atoms with E-state index in [0.717, 1.165) is 17.0 Å². The van der Waals surface area contributed by atoms with Gasteiger partial charge in [-0.2, -0.15) is 0 Å². The Morgan fingerprint density at radius 3 is 2.88 bits per heavy atom. The number of benzene rings is 1. The fraction of sp³-hybridized carbons (Fsp3) is 0.143. The molecular weight excluding hydrogens is 214 g/mol. The number of ketones is 1. The number of rotatable bonds is 0. The average Bonchev–Trinajstić information content (AvgIpc) is 2.44. The van der Waals surface area contributed by atoms with E-state index in [1.54, 1.807) is 6.07 Å². The zero-order valence-corrected chi connectivity index (χ0v) is 9.43. The van der Waals surface area contributed by atoms with Gasteiger partial charge in [0.1, 0.15) is 5.75 Å². The lowest BCUT2D eigenvalue weighted by atomic mass is 10.0. The number of fused-ring (bicyclic) bond motifs is 2. The normalized spacial score (nSPS) is 13.4. The molecule has 3 heteroatoms. The van der Waals surface area contributed by atoms with E-state index < -0.39 is 0 Å². The molecule has 3 rings (SSSR count). The van der Waals surface area contributed by atoms with Gasteiger partial charge in [0, 0.05) is 17.7 Å². The molecule has 1 aliphatic rings. The number of hydrogen-bond acceptors (Lipinski definition) is 3. The van der Waals surface area contributed by atoms with Crippen molar-refractivity contribution in [3.05, 3.63) is 53.2 Å². The lowest BCUT2D eigenvalue weighted by Crippen LogP contribution is -2.02. The van der Waals surface area contributed by atoms with Crippen LogP contribution in [0, 0.1) is 6.92 Å². The summed E-state index contributed by atoms with van der Waals surface area (Å²) in [6, 6.07) is 11.2. The maximum atomic E-state index is 12.1. The van der Waals surface area contributed by atoms with Gasteiger partial charge in [-0.3, -0.25) is 4.79 Å². The molecule has 0 saturated heterocycles. The van der Waals surface area contributed by atoms with Gasteiger partial charge in [0.15, 0.2) is 5.78 Å². The van der Waals surface area contributed by atoms with Gasteiger partial charge in [-0.1, -0.05) is 18.2 Å². The molecule has 1 aliphatic heterocycles. The first-order valence-electron chi connectivity index (χ1n) is 5.50. The van der Waals surface area contributed by atoms with Crippen molar-refractivity contribution in [2.24, 2.45) is 0 Å². The third-order valence-electron chi connectivity index (χ3n) is 2.83. The Morgan fingerprint density at radius 2 is 2.00 bits per heavy atom. The van der Waals surface area contributed by atoms with E-state index in [9.17, 15) is 4.79 Å². The number of aromatic nitrogens is 1. The summed E-state index contributed by atoms with van der Waals surface area (Å²) in [4.78, 5) is 16.3. The van der Waals surface area contributed by atoms with Crippen LogP contribution in [0.15, 0.2) is 36.4 Å². The maximum absolute atomic E-state index is 12.1. The van der Waals surface area contributed by atoms with Crippen molar-refractivity contribution < 1.29 is 9.53 Å². The monoisotopic (exact) mass is 225 g/mol. The second kappa shape index (κ2) is 3.70. The van der Waals surface area contributed by atoms with Crippen LogP contribution in [0.4, 0.5) is 0 Å². The predicted molar refractivity (Wildman–Crippen MR) is 63.5 cm³/mol. The summed E-state index contributed by atoms with van der Waals surface area (Å²) in [7, 11) is 0. The smallest absolute Gasteiger partial charge is 0.230 e. The minimum absolute atomic E-state index is 0.0532. The minimum Gasteiger partial charge on any atom is -0.438 e. The SMILES string of the molecule is Cc1ccc2c(n1)Oc1ccccc1CC2=O. The molecular formula is C14H11NO2. The fourth-order valence-corrected chi connectivity index (χ4v) is 1.94. The van der Waals surface area contributed by atoms with Crippen molar-refractivity contribution in [2.45, 2.75) is 13.3 Å². The van der Waals surface area contributed by atoms with Gasteiger partial charge >= 0.3 is 0 Å². The lowest BCUT2D eigenvalue weighted by molar-refractivity contribution is 0.0993. The molecule has 17 heavy (non-hydrogen) atoms. The Labute approximate surface area is 99.1 Å². The molecule has 1 aromatic carbocycles. The van der Waals surface area contributed by atoms with Gasteiger partial charge in [-0.25, -0.2) is 4.98 Å². The van der Waals surface area contributed by atoms with Crippen LogP contribution in [0.5, 0.6) is 11.6 Å². The first-order chi connectivity index (χ1) is 8.24. The first kappa shape index (κ1) is 10.0. The summed E-state index contributed by atoms with van der Waals surface area (Å²) in [5.41, 5.74) is 2.32.